The third kappa shape index (κ3) is 2.88. The first kappa shape index (κ1) is 13.0. The number of carbonyl (C=O) groups is 1. The molecule has 0 aromatic carbocycles. The second kappa shape index (κ2) is 5.49. The van der Waals surface area contributed by atoms with Crippen molar-refractivity contribution in [2.24, 2.45) is 0 Å². The summed E-state index contributed by atoms with van der Waals surface area (Å²) in [6.07, 6.45) is 0.305. The molecule has 0 saturated carbocycles. The van der Waals surface area contributed by atoms with E-state index in [2.05, 4.69) is 4.98 Å². The Morgan fingerprint density at radius 3 is 2.89 bits per heavy atom. The Labute approximate surface area is 114 Å². The van der Waals surface area contributed by atoms with E-state index in [0.717, 1.165) is 5.69 Å². The number of anilines is 1. The Morgan fingerprint density at radius 2 is 2.33 bits per heavy atom. The maximum absolute atomic E-state index is 12.1. The molecule has 0 radical (unpaired) electrons. The van der Waals surface area contributed by atoms with E-state index >= 15 is 0 Å². The fourth-order valence-corrected chi connectivity index (χ4v) is 3.01. The van der Waals surface area contributed by atoms with Crippen LogP contribution in [0.1, 0.15) is 23.5 Å². The molecule has 18 heavy (non-hydrogen) atoms. The number of nitrogens with two attached hydrogens (primary N) is 1. The number of likely N-dealkylation sites (N-methyl/N-ethyl adjacent to an activating group) is 1. The van der Waals surface area contributed by atoms with Crippen LogP contribution in [0.5, 0.6) is 0 Å². The predicted molar refractivity (Wildman–Crippen MR) is 75.7 cm³/mol. The number of thiophene rings is 1. The van der Waals surface area contributed by atoms with Gasteiger partial charge in [-0.2, -0.15) is 0 Å². The molecule has 96 valence electrons. The van der Waals surface area contributed by atoms with Gasteiger partial charge in [-0.05, 0) is 18.4 Å². The van der Waals surface area contributed by atoms with Gasteiger partial charge >= 0.3 is 0 Å². The highest BCUT2D eigenvalue weighted by molar-refractivity contribution is 7.13. The zero-order valence-electron chi connectivity index (χ0n) is 10.3. The summed E-state index contributed by atoms with van der Waals surface area (Å²) in [7, 11) is 1.82. The fourth-order valence-electron chi connectivity index (χ4n) is 1.62. The summed E-state index contributed by atoms with van der Waals surface area (Å²) < 4.78 is 0. The lowest BCUT2D eigenvalue weighted by atomic mass is 10.2. The van der Waals surface area contributed by atoms with E-state index in [1.807, 2.05) is 36.9 Å². The smallest absolute Gasteiger partial charge is 0.228 e. The van der Waals surface area contributed by atoms with E-state index in [1.54, 1.807) is 16.2 Å². The van der Waals surface area contributed by atoms with Gasteiger partial charge in [0.1, 0.15) is 0 Å². The Kier molecular flexibility index (Phi) is 3.98. The minimum absolute atomic E-state index is 0.0567. The summed E-state index contributed by atoms with van der Waals surface area (Å²) in [4.78, 5) is 19.2. The number of nitrogen functional groups attached to an aromatic ring is 1. The molecule has 0 aliphatic rings. The SMILES string of the molecule is CC(c1cccs1)N(C)C(=O)Cc1csc(N)n1. The van der Waals surface area contributed by atoms with Gasteiger partial charge in [-0.1, -0.05) is 6.07 Å². The van der Waals surface area contributed by atoms with E-state index in [0.29, 0.717) is 11.6 Å². The third-order valence-electron chi connectivity index (χ3n) is 2.83. The van der Waals surface area contributed by atoms with Crippen LogP contribution in [-0.2, 0) is 11.2 Å². The van der Waals surface area contributed by atoms with E-state index in [-0.39, 0.29) is 11.9 Å². The van der Waals surface area contributed by atoms with Crippen molar-refractivity contribution in [3.8, 4) is 0 Å². The monoisotopic (exact) mass is 281 g/mol. The van der Waals surface area contributed by atoms with Crippen LogP contribution in [-0.4, -0.2) is 22.8 Å². The van der Waals surface area contributed by atoms with Gasteiger partial charge in [0, 0.05) is 17.3 Å². The van der Waals surface area contributed by atoms with Gasteiger partial charge in [0.15, 0.2) is 5.13 Å². The Bertz CT molecular complexity index is 521. The van der Waals surface area contributed by atoms with Crippen molar-refractivity contribution < 1.29 is 4.79 Å². The minimum atomic E-state index is 0.0567. The lowest BCUT2D eigenvalue weighted by molar-refractivity contribution is -0.131. The first-order valence-corrected chi connectivity index (χ1v) is 7.33. The standard InChI is InChI=1S/C12H15N3OS2/c1-8(10-4-3-5-17-10)15(2)11(16)6-9-7-18-12(13)14-9/h3-5,7-8H,6H2,1-2H3,(H2,13,14). The van der Waals surface area contributed by atoms with Gasteiger partial charge in [0.2, 0.25) is 5.91 Å². The number of amides is 1. The lowest BCUT2D eigenvalue weighted by Crippen LogP contribution is -2.30. The number of hydrogen-bond acceptors (Lipinski definition) is 5. The van der Waals surface area contributed by atoms with Crippen molar-refractivity contribution >= 4 is 33.7 Å². The van der Waals surface area contributed by atoms with Gasteiger partial charge in [-0.25, -0.2) is 4.98 Å². The number of rotatable bonds is 4. The van der Waals surface area contributed by atoms with Crippen LogP contribution in [0.4, 0.5) is 5.13 Å². The third-order valence-corrected chi connectivity index (χ3v) is 4.60. The van der Waals surface area contributed by atoms with Gasteiger partial charge in [0.05, 0.1) is 18.2 Å². The molecular weight excluding hydrogens is 266 g/mol. The molecule has 2 aromatic rings. The summed E-state index contributed by atoms with van der Waals surface area (Å²) in [6, 6.07) is 4.13. The highest BCUT2D eigenvalue weighted by atomic mass is 32.1. The van der Waals surface area contributed by atoms with Gasteiger partial charge in [-0.15, -0.1) is 22.7 Å². The van der Waals surface area contributed by atoms with Crippen molar-refractivity contribution in [1.29, 1.82) is 0 Å². The maximum atomic E-state index is 12.1. The molecule has 1 unspecified atom stereocenters. The number of thiazole rings is 1. The Morgan fingerprint density at radius 1 is 1.56 bits per heavy atom. The summed E-state index contributed by atoms with van der Waals surface area (Å²) in [6.45, 7) is 2.03. The minimum Gasteiger partial charge on any atom is -0.375 e. The summed E-state index contributed by atoms with van der Waals surface area (Å²) in [5, 5.41) is 4.36. The summed E-state index contributed by atoms with van der Waals surface area (Å²) in [5.74, 6) is 0.0567. The lowest BCUT2D eigenvalue weighted by Gasteiger charge is -2.23. The highest BCUT2D eigenvalue weighted by Gasteiger charge is 2.19. The van der Waals surface area contributed by atoms with Crippen LogP contribution in [0.3, 0.4) is 0 Å². The van der Waals surface area contributed by atoms with Crippen LogP contribution in [0.15, 0.2) is 22.9 Å². The molecule has 4 nitrogen and oxygen atoms in total. The molecule has 0 saturated heterocycles. The molecule has 2 heterocycles. The fraction of sp³-hybridized carbons (Fsp3) is 0.333. The summed E-state index contributed by atoms with van der Waals surface area (Å²) in [5.41, 5.74) is 6.29. The molecule has 0 aliphatic carbocycles. The van der Waals surface area contributed by atoms with E-state index in [4.69, 9.17) is 5.73 Å². The van der Waals surface area contributed by atoms with Crippen molar-refractivity contribution in [3.63, 3.8) is 0 Å². The molecule has 1 amide bonds. The van der Waals surface area contributed by atoms with Crippen LogP contribution in [0.25, 0.3) is 0 Å². The second-order valence-corrected chi connectivity index (χ2v) is 5.92. The van der Waals surface area contributed by atoms with Crippen LogP contribution < -0.4 is 5.73 Å². The molecule has 0 fully saturated rings. The van der Waals surface area contributed by atoms with Crippen LogP contribution in [0, 0.1) is 0 Å². The average molecular weight is 281 g/mol. The number of nitrogens with zero attached hydrogens (tertiary/aromatic N) is 2. The van der Waals surface area contributed by atoms with Gasteiger partial charge in [0.25, 0.3) is 0 Å². The van der Waals surface area contributed by atoms with E-state index < -0.39 is 0 Å². The highest BCUT2D eigenvalue weighted by Crippen LogP contribution is 2.24. The first-order chi connectivity index (χ1) is 8.58. The molecule has 2 N–H and O–H groups in total. The van der Waals surface area contributed by atoms with Crippen molar-refractivity contribution in [3.05, 3.63) is 33.5 Å². The number of aromatic nitrogens is 1. The molecule has 1 atom stereocenters. The van der Waals surface area contributed by atoms with E-state index in [9.17, 15) is 4.79 Å². The Hall–Kier alpha value is -1.40. The zero-order valence-corrected chi connectivity index (χ0v) is 11.9. The maximum Gasteiger partial charge on any atom is 0.228 e. The van der Waals surface area contributed by atoms with Gasteiger partial charge < -0.3 is 10.6 Å². The topological polar surface area (TPSA) is 59.2 Å². The molecule has 2 rings (SSSR count). The largest absolute Gasteiger partial charge is 0.375 e. The molecular formula is C12H15N3OS2. The second-order valence-electron chi connectivity index (χ2n) is 4.05. The molecule has 0 aliphatic heterocycles. The summed E-state index contributed by atoms with van der Waals surface area (Å²) >= 11 is 3.02. The van der Waals surface area contributed by atoms with Crippen molar-refractivity contribution in [2.45, 2.75) is 19.4 Å². The average Bonchev–Trinajstić information content (AvgIpc) is 2.98. The van der Waals surface area contributed by atoms with Crippen molar-refractivity contribution in [1.82, 2.24) is 9.88 Å². The van der Waals surface area contributed by atoms with Crippen molar-refractivity contribution in [2.75, 3.05) is 12.8 Å². The molecule has 0 spiro atoms. The van der Waals surface area contributed by atoms with Gasteiger partial charge in [-0.3, -0.25) is 4.79 Å². The quantitative estimate of drug-likeness (QED) is 0.937. The number of carbonyl (C=O) groups excluding carboxylic acids is 1. The molecule has 0 bridgehead atoms. The zero-order chi connectivity index (χ0) is 13.1. The van der Waals surface area contributed by atoms with Crippen LogP contribution in [0.2, 0.25) is 0 Å². The first-order valence-electron chi connectivity index (χ1n) is 5.57. The predicted octanol–water partition coefficient (Wildman–Crippen LogP) is 2.55. The molecule has 6 heteroatoms. The normalized spacial score (nSPS) is 12.3. The van der Waals surface area contributed by atoms with Crippen LogP contribution >= 0.6 is 22.7 Å². The van der Waals surface area contributed by atoms with E-state index in [1.165, 1.54) is 16.2 Å². The number of hydrogen-bond donors (Lipinski definition) is 1. The Balaban J connectivity index is 2.00. The molecule has 2 aromatic heterocycles.